The van der Waals surface area contributed by atoms with Gasteiger partial charge in [-0.3, -0.25) is 0 Å². The lowest BCUT2D eigenvalue weighted by Gasteiger charge is -2.31. The Morgan fingerprint density at radius 1 is 0.935 bits per heavy atom. The van der Waals surface area contributed by atoms with Gasteiger partial charge in [-0.05, 0) is 41.8 Å². The molecular weight excluding hydrogens is 382 g/mol. The molecule has 1 atom stereocenters. The van der Waals surface area contributed by atoms with Gasteiger partial charge in [0.1, 0.15) is 0 Å². The van der Waals surface area contributed by atoms with Gasteiger partial charge in [-0.15, -0.1) is 0 Å². The third-order valence-electron chi connectivity index (χ3n) is 5.87. The van der Waals surface area contributed by atoms with E-state index >= 15 is 0 Å². The van der Waals surface area contributed by atoms with Crippen molar-refractivity contribution in [2.24, 2.45) is 0 Å². The predicted molar refractivity (Wildman–Crippen MR) is 123 cm³/mol. The Balaban J connectivity index is 1.57. The summed E-state index contributed by atoms with van der Waals surface area (Å²) in [6.07, 6.45) is 2.09. The van der Waals surface area contributed by atoms with Gasteiger partial charge in [-0.2, -0.15) is 0 Å². The minimum Gasteiger partial charge on any atom is -0.334 e. The molecule has 2 amide bonds. The first-order chi connectivity index (χ1) is 15.2. The van der Waals surface area contributed by atoms with Crippen molar-refractivity contribution in [2.45, 2.75) is 26.1 Å². The zero-order valence-electron chi connectivity index (χ0n) is 17.5. The zero-order valence-corrected chi connectivity index (χ0v) is 17.5. The molecule has 4 heteroatoms. The summed E-state index contributed by atoms with van der Waals surface area (Å²) < 4.78 is 2.22. The van der Waals surface area contributed by atoms with Crippen molar-refractivity contribution in [2.75, 3.05) is 0 Å². The minimum absolute atomic E-state index is 0.0696. The highest BCUT2D eigenvalue weighted by Crippen LogP contribution is 2.36. The van der Waals surface area contributed by atoms with Gasteiger partial charge in [0.25, 0.3) is 0 Å². The highest BCUT2D eigenvalue weighted by Gasteiger charge is 2.32. The molecule has 0 radical (unpaired) electrons. The van der Waals surface area contributed by atoms with Gasteiger partial charge in [0.05, 0.1) is 18.3 Å². The van der Waals surface area contributed by atoms with Crippen molar-refractivity contribution >= 4 is 6.03 Å². The average molecular weight is 408 g/mol. The van der Waals surface area contributed by atoms with Crippen molar-refractivity contribution in [1.82, 2.24) is 14.8 Å². The van der Waals surface area contributed by atoms with Crippen LogP contribution in [0.1, 0.15) is 34.0 Å². The number of urea groups is 1. The Morgan fingerprint density at radius 2 is 1.74 bits per heavy atom. The number of carbonyl (C=O) groups excluding carboxylic acids is 1. The van der Waals surface area contributed by atoms with Crippen LogP contribution in [0.25, 0.3) is 5.69 Å². The number of carbonyl (C=O) groups is 1. The summed E-state index contributed by atoms with van der Waals surface area (Å²) in [6.45, 7) is 3.13. The van der Waals surface area contributed by atoms with Crippen LogP contribution in [0.15, 0.2) is 97.2 Å². The van der Waals surface area contributed by atoms with E-state index in [4.69, 9.17) is 0 Å². The van der Waals surface area contributed by atoms with Crippen molar-refractivity contribution in [3.05, 3.63) is 125 Å². The molecule has 0 saturated heterocycles. The quantitative estimate of drug-likeness (QED) is 0.472. The molecule has 4 aromatic rings. The van der Waals surface area contributed by atoms with E-state index < -0.39 is 0 Å². The van der Waals surface area contributed by atoms with Crippen LogP contribution in [-0.2, 0) is 13.1 Å². The molecule has 5 rings (SSSR count). The van der Waals surface area contributed by atoms with Gasteiger partial charge in [0.2, 0.25) is 0 Å². The van der Waals surface area contributed by atoms with Gasteiger partial charge in [0.15, 0.2) is 0 Å². The smallest absolute Gasteiger partial charge is 0.318 e. The lowest BCUT2D eigenvalue weighted by atomic mass is 10.00. The fourth-order valence-corrected chi connectivity index (χ4v) is 4.41. The maximum atomic E-state index is 13.5. The fraction of sp³-hybridized carbons (Fsp3) is 0.148. The summed E-state index contributed by atoms with van der Waals surface area (Å²) in [5.74, 6) is 0. The van der Waals surface area contributed by atoms with Gasteiger partial charge in [-0.25, -0.2) is 4.79 Å². The summed E-state index contributed by atoms with van der Waals surface area (Å²) in [4.78, 5) is 15.5. The molecular formula is C27H25N3O. The number of hydrogen-bond donors (Lipinski definition) is 1. The first-order valence-electron chi connectivity index (χ1n) is 10.6. The number of aryl methyl sites for hydroxylation is 1. The summed E-state index contributed by atoms with van der Waals surface area (Å²) >= 11 is 0. The molecule has 3 aromatic carbocycles. The molecule has 154 valence electrons. The lowest BCUT2D eigenvalue weighted by molar-refractivity contribution is 0.180. The molecule has 1 N–H and O–H groups in total. The lowest BCUT2D eigenvalue weighted by Crippen LogP contribution is -2.41. The summed E-state index contributed by atoms with van der Waals surface area (Å²) in [7, 11) is 0. The summed E-state index contributed by atoms with van der Waals surface area (Å²) in [6, 6.07) is 30.7. The van der Waals surface area contributed by atoms with Crippen LogP contribution >= 0.6 is 0 Å². The Bertz CT molecular complexity index is 1210. The van der Waals surface area contributed by atoms with Crippen molar-refractivity contribution in [1.29, 1.82) is 0 Å². The minimum atomic E-state index is -0.182. The third kappa shape index (κ3) is 3.73. The zero-order chi connectivity index (χ0) is 21.2. The monoisotopic (exact) mass is 407 g/mol. The average Bonchev–Trinajstić information content (AvgIpc) is 3.22. The molecule has 1 aliphatic heterocycles. The second-order valence-corrected chi connectivity index (χ2v) is 8.02. The number of hydrogen-bond acceptors (Lipinski definition) is 1. The van der Waals surface area contributed by atoms with E-state index in [0.29, 0.717) is 13.1 Å². The van der Waals surface area contributed by atoms with Crippen LogP contribution in [0, 0.1) is 6.92 Å². The molecule has 0 spiro atoms. The van der Waals surface area contributed by atoms with Crippen molar-refractivity contribution < 1.29 is 4.79 Å². The van der Waals surface area contributed by atoms with Crippen LogP contribution in [-0.4, -0.2) is 15.5 Å². The fourth-order valence-electron chi connectivity index (χ4n) is 4.41. The Morgan fingerprint density at radius 3 is 2.58 bits per heavy atom. The predicted octanol–water partition coefficient (Wildman–Crippen LogP) is 5.60. The Labute approximate surface area is 182 Å². The molecule has 2 heterocycles. The molecule has 0 saturated carbocycles. The first-order valence-corrected chi connectivity index (χ1v) is 10.6. The van der Waals surface area contributed by atoms with Crippen LogP contribution in [0.2, 0.25) is 0 Å². The highest BCUT2D eigenvalue weighted by atomic mass is 16.2. The SMILES string of the molecule is Cc1cccc([C@H]2c3cccn3-c3ccccc3CN2C(=O)NCc2ccccc2)c1. The topological polar surface area (TPSA) is 37.3 Å². The Kier molecular flexibility index (Phi) is 5.04. The molecule has 0 bridgehead atoms. The molecule has 1 aliphatic rings. The third-order valence-corrected chi connectivity index (χ3v) is 5.87. The maximum Gasteiger partial charge on any atom is 0.318 e. The molecule has 0 fully saturated rings. The standard InChI is InChI=1S/C27H25N3O/c1-20-9-7-13-22(17-20)26-25-15-8-16-29(25)24-14-6-5-12-23(24)19-30(26)27(31)28-18-21-10-3-2-4-11-21/h2-17,26H,18-19H2,1H3,(H,28,31)/t26-/m0/s1. The van der Waals surface area contributed by atoms with Gasteiger partial charge >= 0.3 is 6.03 Å². The van der Waals surface area contributed by atoms with E-state index in [-0.39, 0.29) is 12.1 Å². The molecule has 0 unspecified atom stereocenters. The van der Waals surface area contributed by atoms with E-state index in [2.05, 4.69) is 77.6 Å². The number of para-hydroxylation sites is 1. The molecule has 4 nitrogen and oxygen atoms in total. The van der Waals surface area contributed by atoms with E-state index in [0.717, 1.165) is 28.1 Å². The number of fused-ring (bicyclic) bond motifs is 3. The number of amides is 2. The number of benzene rings is 3. The van der Waals surface area contributed by atoms with Gasteiger partial charge < -0.3 is 14.8 Å². The van der Waals surface area contributed by atoms with Crippen LogP contribution in [0.3, 0.4) is 0 Å². The van der Waals surface area contributed by atoms with Crippen molar-refractivity contribution in [3.8, 4) is 5.69 Å². The summed E-state index contributed by atoms with van der Waals surface area (Å²) in [5, 5.41) is 3.14. The number of aromatic nitrogens is 1. The van der Waals surface area contributed by atoms with Crippen LogP contribution < -0.4 is 5.32 Å². The largest absolute Gasteiger partial charge is 0.334 e. The first kappa shape index (κ1) is 19.2. The van der Waals surface area contributed by atoms with E-state index in [9.17, 15) is 4.79 Å². The Hall–Kier alpha value is -3.79. The summed E-state index contributed by atoms with van der Waals surface area (Å²) in [5.41, 5.74) is 6.72. The number of nitrogens with zero attached hydrogens (tertiary/aromatic N) is 2. The van der Waals surface area contributed by atoms with E-state index in [1.165, 1.54) is 5.56 Å². The van der Waals surface area contributed by atoms with Crippen molar-refractivity contribution in [3.63, 3.8) is 0 Å². The van der Waals surface area contributed by atoms with Crippen LogP contribution in [0.4, 0.5) is 4.79 Å². The van der Waals surface area contributed by atoms with Gasteiger partial charge in [-0.1, -0.05) is 78.4 Å². The number of nitrogens with one attached hydrogen (secondary N) is 1. The normalized spacial score (nSPS) is 15.0. The molecule has 1 aromatic heterocycles. The van der Waals surface area contributed by atoms with Gasteiger partial charge in [0, 0.05) is 18.4 Å². The maximum absolute atomic E-state index is 13.5. The molecule has 31 heavy (non-hydrogen) atoms. The van der Waals surface area contributed by atoms with Crippen LogP contribution in [0.5, 0.6) is 0 Å². The second kappa shape index (κ2) is 8.15. The van der Waals surface area contributed by atoms with E-state index in [1.807, 2.05) is 41.3 Å². The number of rotatable bonds is 3. The van der Waals surface area contributed by atoms with E-state index in [1.54, 1.807) is 0 Å². The highest BCUT2D eigenvalue weighted by molar-refractivity contribution is 5.76. The second-order valence-electron chi connectivity index (χ2n) is 8.02. The molecule has 0 aliphatic carbocycles.